The number of rotatable bonds is 13. The van der Waals surface area contributed by atoms with Crippen molar-refractivity contribution < 1.29 is 4.57 Å². The molecule has 22 heavy (non-hydrogen) atoms. The quantitative estimate of drug-likeness (QED) is 0.326. The Hall–Kier alpha value is -0.790. The first-order valence-corrected chi connectivity index (χ1v) is 9.79. The van der Waals surface area contributed by atoms with Crippen molar-refractivity contribution in [3.05, 3.63) is 18.2 Å². The number of nitrogens with zero attached hydrogens (tertiary/aromatic N) is 1. The summed E-state index contributed by atoms with van der Waals surface area (Å²) < 4.78 is 2.43. The summed E-state index contributed by atoms with van der Waals surface area (Å²) in [5.74, 6) is 2.17. The van der Waals surface area contributed by atoms with E-state index in [1.807, 2.05) is 0 Å². The highest BCUT2D eigenvalue weighted by Gasteiger charge is 2.23. The average molecular weight is 308 g/mol. The lowest BCUT2D eigenvalue weighted by molar-refractivity contribution is -0.723. The Morgan fingerprint density at radius 3 is 2.09 bits per heavy atom. The zero-order valence-electron chi connectivity index (χ0n) is 15.5. The van der Waals surface area contributed by atoms with Crippen molar-refractivity contribution in [3.8, 4) is 0 Å². The van der Waals surface area contributed by atoms with Gasteiger partial charge in [-0.05, 0) is 26.7 Å². The van der Waals surface area contributed by atoms with Crippen LogP contribution in [0.25, 0.3) is 0 Å². The standard InChI is InChI=1S/C20H38N2/c1-5-7-9-10-11-12-13-15-19(14-8-6-2)20-21-16-17-22(20)18(3)4/h16-19H,5-15H2,1-4H3/p+1/t19-/m0/s1. The zero-order chi connectivity index (χ0) is 16.2. The molecule has 0 amide bonds. The second kappa shape index (κ2) is 11.7. The Morgan fingerprint density at radius 2 is 1.45 bits per heavy atom. The van der Waals surface area contributed by atoms with Crippen LogP contribution in [0.1, 0.15) is 116 Å². The molecule has 0 saturated carbocycles. The molecule has 0 aliphatic rings. The molecule has 2 nitrogen and oxygen atoms in total. The average Bonchev–Trinajstić information content (AvgIpc) is 2.99. The minimum absolute atomic E-state index is 0.555. The SMILES string of the molecule is CCCCCCCCC[C@H](CCCC)c1[nH]cc[n+]1C(C)C. The highest BCUT2D eigenvalue weighted by molar-refractivity contribution is 4.90. The molecule has 1 rings (SSSR count). The van der Waals surface area contributed by atoms with E-state index < -0.39 is 0 Å². The van der Waals surface area contributed by atoms with E-state index in [4.69, 9.17) is 0 Å². The lowest BCUT2D eigenvalue weighted by Crippen LogP contribution is -2.39. The van der Waals surface area contributed by atoms with Crippen LogP contribution in [-0.4, -0.2) is 4.98 Å². The first-order valence-electron chi connectivity index (χ1n) is 9.79. The van der Waals surface area contributed by atoms with Crippen molar-refractivity contribution >= 4 is 0 Å². The Labute approximate surface area is 138 Å². The van der Waals surface area contributed by atoms with Crippen molar-refractivity contribution in [2.24, 2.45) is 0 Å². The third kappa shape index (κ3) is 6.98. The van der Waals surface area contributed by atoms with E-state index in [0.717, 1.165) is 0 Å². The number of hydrogen-bond acceptors (Lipinski definition) is 0. The monoisotopic (exact) mass is 307 g/mol. The normalized spacial score (nSPS) is 13.0. The number of nitrogens with one attached hydrogen (secondary N) is 1. The smallest absolute Gasteiger partial charge is 0.247 e. The topological polar surface area (TPSA) is 19.7 Å². The van der Waals surface area contributed by atoms with E-state index in [2.05, 4.69) is 49.6 Å². The second-order valence-electron chi connectivity index (χ2n) is 7.10. The van der Waals surface area contributed by atoms with Crippen LogP contribution < -0.4 is 4.57 Å². The molecule has 0 radical (unpaired) electrons. The summed E-state index contributed by atoms with van der Waals surface area (Å²) >= 11 is 0. The Morgan fingerprint density at radius 1 is 0.864 bits per heavy atom. The maximum absolute atomic E-state index is 3.53. The van der Waals surface area contributed by atoms with Gasteiger partial charge < -0.3 is 0 Å². The number of unbranched alkanes of at least 4 members (excludes halogenated alkanes) is 7. The van der Waals surface area contributed by atoms with E-state index in [-0.39, 0.29) is 0 Å². The minimum Gasteiger partial charge on any atom is -0.247 e. The third-order valence-corrected chi connectivity index (χ3v) is 4.75. The van der Waals surface area contributed by atoms with Gasteiger partial charge in [-0.3, -0.25) is 0 Å². The molecule has 0 saturated heterocycles. The molecule has 1 N–H and O–H groups in total. The van der Waals surface area contributed by atoms with Crippen LogP contribution in [-0.2, 0) is 0 Å². The third-order valence-electron chi connectivity index (χ3n) is 4.75. The second-order valence-corrected chi connectivity index (χ2v) is 7.10. The minimum atomic E-state index is 0.555. The maximum Gasteiger partial charge on any atom is 0.257 e. The number of aromatic amines is 1. The molecule has 1 heterocycles. The number of H-pyrrole nitrogens is 1. The molecule has 0 bridgehead atoms. The van der Waals surface area contributed by atoms with Gasteiger partial charge in [0.1, 0.15) is 12.4 Å². The molecule has 0 aliphatic heterocycles. The van der Waals surface area contributed by atoms with E-state index in [1.54, 1.807) is 0 Å². The predicted octanol–water partition coefficient (Wildman–Crippen LogP) is 6.30. The van der Waals surface area contributed by atoms with E-state index in [1.165, 1.54) is 76.5 Å². The van der Waals surface area contributed by atoms with E-state index in [9.17, 15) is 0 Å². The molecule has 0 spiro atoms. The molecule has 0 unspecified atom stereocenters. The van der Waals surface area contributed by atoms with E-state index >= 15 is 0 Å². The number of aromatic nitrogens is 2. The largest absolute Gasteiger partial charge is 0.257 e. The van der Waals surface area contributed by atoms with Gasteiger partial charge in [-0.25, -0.2) is 9.55 Å². The summed E-state index contributed by atoms with van der Waals surface area (Å²) in [7, 11) is 0. The van der Waals surface area contributed by atoms with Crippen LogP contribution in [0.15, 0.2) is 12.4 Å². The predicted molar refractivity (Wildman–Crippen MR) is 96.2 cm³/mol. The lowest BCUT2D eigenvalue weighted by atomic mass is 9.94. The summed E-state index contributed by atoms with van der Waals surface area (Å²) in [5.41, 5.74) is 0. The van der Waals surface area contributed by atoms with Crippen LogP contribution in [0.5, 0.6) is 0 Å². The fourth-order valence-electron chi connectivity index (χ4n) is 3.35. The first kappa shape index (κ1) is 19.3. The molecule has 2 heteroatoms. The number of hydrogen-bond donors (Lipinski definition) is 1. The fraction of sp³-hybridized carbons (Fsp3) is 0.850. The van der Waals surface area contributed by atoms with Crippen LogP contribution in [0, 0.1) is 0 Å². The van der Waals surface area contributed by atoms with Gasteiger partial charge in [-0.2, -0.15) is 0 Å². The van der Waals surface area contributed by atoms with Gasteiger partial charge >= 0.3 is 0 Å². The maximum atomic E-state index is 3.53. The Kier molecular flexibility index (Phi) is 10.3. The summed E-state index contributed by atoms with van der Waals surface area (Å²) in [5, 5.41) is 0. The molecule has 0 aromatic carbocycles. The highest BCUT2D eigenvalue weighted by Crippen LogP contribution is 2.25. The van der Waals surface area contributed by atoms with Gasteiger partial charge in [0.15, 0.2) is 0 Å². The Balaban J connectivity index is 2.42. The zero-order valence-corrected chi connectivity index (χ0v) is 15.5. The van der Waals surface area contributed by atoms with Crippen molar-refractivity contribution in [2.45, 2.75) is 110 Å². The Bertz CT molecular complexity index is 368. The van der Waals surface area contributed by atoms with Crippen LogP contribution in [0.4, 0.5) is 0 Å². The fourth-order valence-corrected chi connectivity index (χ4v) is 3.35. The van der Waals surface area contributed by atoms with Gasteiger partial charge in [0, 0.05) is 0 Å². The highest BCUT2D eigenvalue weighted by atomic mass is 15.1. The van der Waals surface area contributed by atoms with Gasteiger partial charge in [0.05, 0.1) is 12.0 Å². The molecular formula is C20H39N2+. The summed E-state index contributed by atoms with van der Waals surface area (Å²) in [6, 6.07) is 0.555. The van der Waals surface area contributed by atoms with Crippen molar-refractivity contribution in [1.82, 2.24) is 4.98 Å². The lowest BCUT2D eigenvalue weighted by Gasteiger charge is -2.15. The molecular weight excluding hydrogens is 268 g/mol. The number of imidazole rings is 1. The summed E-state index contributed by atoms with van der Waals surface area (Å²) in [6.45, 7) is 9.15. The first-order chi connectivity index (χ1) is 10.7. The molecule has 1 aromatic heterocycles. The van der Waals surface area contributed by atoms with Crippen LogP contribution >= 0.6 is 0 Å². The molecule has 0 fully saturated rings. The van der Waals surface area contributed by atoms with Crippen LogP contribution in [0.2, 0.25) is 0 Å². The molecule has 1 atom stereocenters. The van der Waals surface area contributed by atoms with Gasteiger partial charge in [0.2, 0.25) is 0 Å². The van der Waals surface area contributed by atoms with Crippen molar-refractivity contribution in [2.75, 3.05) is 0 Å². The van der Waals surface area contributed by atoms with E-state index in [0.29, 0.717) is 12.0 Å². The van der Waals surface area contributed by atoms with Gasteiger partial charge in [-0.15, -0.1) is 0 Å². The van der Waals surface area contributed by atoms with Gasteiger partial charge in [-0.1, -0.05) is 71.6 Å². The molecule has 0 aliphatic carbocycles. The molecule has 1 aromatic rings. The molecule has 128 valence electrons. The summed E-state index contributed by atoms with van der Waals surface area (Å²) in [4.78, 5) is 3.53. The van der Waals surface area contributed by atoms with Gasteiger partial charge in [0.25, 0.3) is 5.82 Å². The summed E-state index contributed by atoms with van der Waals surface area (Å²) in [6.07, 6.45) is 19.5. The van der Waals surface area contributed by atoms with Crippen LogP contribution in [0.3, 0.4) is 0 Å². The van der Waals surface area contributed by atoms with Crippen molar-refractivity contribution in [1.29, 1.82) is 0 Å². The van der Waals surface area contributed by atoms with Crippen molar-refractivity contribution in [3.63, 3.8) is 0 Å².